The third kappa shape index (κ3) is 4.76. The van der Waals surface area contributed by atoms with Gasteiger partial charge in [-0.05, 0) is 39.5 Å². The average molecular weight is 433 g/mol. The van der Waals surface area contributed by atoms with Crippen molar-refractivity contribution in [2.75, 3.05) is 7.11 Å². The van der Waals surface area contributed by atoms with Gasteiger partial charge in [0.05, 0.1) is 17.4 Å². The van der Waals surface area contributed by atoms with Crippen molar-refractivity contribution in [1.82, 2.24) is 10.6 Å². The number of carbonyl (C=O) groups is 2. The SMILES string of the molecule is COC1CCC2NC(=O)C(C(C)C(=O)N[C@@H](C)C3CCC(F)CC3F)=CC2C1Cl. The summed E-state index contributed by atoms with van der Waals surface area (Å²) in [4.78, 5) is 25.4. The zero-order valence-corrected chi connectivity index (χ0v) is 17.9. The van der Waals surface area contributed by atoms with Crippen molar-refractivity contribution >= 4 is 23.4 Å². The second-order valence-electron chi connectivity index (χ2n) is 8.68. The minimum absolute atomic E-state index is 0.0579. The van der Waals surface area contributed by atoms with Crippen LogP contribution in [0.25, 0.3) is 0 Å². The maximum absolute atomic E-state index is 14.2. The summed E-state index contributed by atoms with van der Waals surface area (Å²) in [6.07, 6.45) is 1.48. The lowest BCUT2D eigenvalue weighted by Crippen LogP contribution is -2.54. The largest absolute Gasteiger partial charge is 0.380 e. The second-order valence-corrected chi connectivity index (χ2v) is 9.19. The molecule has 8 heteroatoms. The summed E-state index contributed by atoms with van der Waals surface area (Å²) in [5, 5.41) is 5.53. The van der Waals surface area contributed by atoms with E-state index in [2.05, 4.69) is 10.6 Å². The monoisotopic (exact) mass is 432 g/mol. The Bertz CT molecular complexity index is 662. The number of halogens is 3. The lowest BCUT2D eigenvalue weighted by atomic mass is 9.77. The van der Waals surface area contributed by atoms with Gasteiger partial charge in [-0.3, -0.25) is 9.59 Å². The Balaban J connectivity index is 1.67. The minimum Gasteiger partial charge on any atom is -0.380 e. The molecule has 0 aromatic heterocycles. The molecule has 164 valence electrons. The molecule has 3 rings (SSSR count). The maximum atomic E-state index is 14.2. The average Bonchev–Trinajstić information content (AvgIpc) is 2.67. The van der Waals surface area contributed by atoms with Crippen molar-refractivity contribution in [3.63, 3.8) is 0 Å². The Kier molecular flexibility index (Phi) is 7.20. The van der Waals surface area contributed by atoms with E-state index in [1.807, 2.05) is 6.08 Å². The normalized spacial score (nSPS) is 39.6. The number of rotatable bonds is 5. The zero-order valence-electron chi connectivity index (χ0n) is 17.2. The molecule has 2 aliphatic carbocycles. The molecule has 0 spiro atoms. The summed E-state index contributed by atoms with van der Waals surface area (Å²) < 4.78 is 33.0. The first-order chi connectivity index (χ1) is 13.7. The first kappa shape index (κ1) is 22.5. The molecule has 2 saturated carbocycles. The van der Waals surface area contributed by atoms with Gasteiger partial charge in [0.15, 0.2) is 0 Å². The third-order valence-electron chi connectivity index (χ3n) is 6.83. The fourth-order valence-corrected chi connectivity index (χ4v) is 5.39. The predicted octanol–water partition coefficient (Wildman–Crippen LogP) is 3.06. The Morgan fingerprint density at radius 3 is 2.66 bits per heavy atom. The van der Waals surface area contributed by atoms with Crippen LogP contribution in [0.2, 0.25) is 0 Å². The van der Waals surface area contributed by atoms with E-state index in [-0.39, 0.29) is 41.7 Å². The van der Waals surface area contributed by atoms with Crippen LogP contribution in [0.5, 0.6) is 0 Å². The van der Waals surface area contributed by atoms with Crippen LogP contribution in [0, 0.1) is 17.8 Å². The Morgan fingerprint density at radius 1 is 1.28 bits per heavy atom. The molecule has 0 aromatic rings. The summed E-state index contributed by atoms with van der Waals surface area (Å²) in [6.45, 7) is 3.41. The van der Waals surface area contributed by atoms with E-state index in [9.17, 15) is 18.4 Å². The van der Waals surface area contributed by atoms with Gasteiger partial charge in [-0.2, -0.15) is 0 Å². The standard InChI is InChI=1S/C21H31ClF2N2O3/c1-10(20(27)25-11(2)13-5-4-12(23)8-16(13)24)14-9-15-17(26-21(14)28)6-7-18(29-3)19(15)22/h9-13,15-19H,4-8H2,1-3H3,(H,25,27)(H,26,28)/t10?,11-,12?,13?,15?,16?,17?,18?,19?/m0/s1. The van der Waals surface area contributed by atoms with E-state index in [1.165, 1.54) is 0 Å². The number of fused-ring (bicyclic) bond motifs is 1. The second kappa shape index (κ2) is 9.29. The Morgan fingerprint density at radius 2 is 2.00 bits per heavy atom. The van der Waals surface area contributed by atoms with Gasteiger partial charge in [0, 0.05) is 43.0 Å². The molecule has 2 fully saturated rings. The molecule has 0 bridgehead atoms. The van der Waals surface area contributed by atoms with Gasteiger partial charge in [-0.1, -0.05) is 6.08 Å². The number of methoxy groups -OCH3 is 1. The van der Waals surface area contributed by atoms with Crippen LogP contribution in [0.3, 0.4) is 0 Å². The molecular weight excluding hydrogens is 402 g/mol. The maximum Gasteiger partial charge on any atom is 0.247 e. The van der Waals surface area contributed by atoms with E-state index in [4.69, 9.17) is 16.3 Å². The highest BCUT2D eigenvalue weighted by molar-refractivity contribution is 6.21. The quantitative estimate of drug-likeness (QED) is 0.656. The van der Waals surface area contributed by atoms with Gasteiger partial charge in [0.2, 0.25) is 11.8 Å². The van der Waals surface area contributed by atoms with E-state index in [0.29, 0.717) is 18.4 Å². The van der Waals surface area contributed by atoms with E-state index in [0.717, 1.165) is 12.8 Å². The first-order valence-corrected chi connectivity index (χ1v) is 10.9. The van der Waals surface area contributed by atoms with Crippen molar-refractivity contribution in [1.29, 1.82) is 0 Å². The lowest BCUT2D eigenvalue weighted by Gasteiger charge is -2.41. The fraction of sp³-hybridized carbons (Fsp3) is 0.810. The number of hydrogen-bond acceptors (Lipinski definition) is 3. The van der Waals surface area contributed by atoms with Gasteiger partial charge in [0.25, 0.3) is 0 Å². The number of amides is 2. The zero-order chi connectivity index (χ0) is 21.3. The van der Waals surface area contributed by atoms with Crippen LogP contribution < -0.4 is 10.6 Å². The molecule has 8 unspecified atom stereocenters. The van der Waals surface area contributed by atoms with E-state index in [1.54, 1.807) is 21.0 Å². The molecular formula is C21H31ClF2N2O3. The van der Waals surface area contributed by atoms with Crippen LogP contribution >= 0.6 is 11.6 Å². The van der Waals surface area contributed by atoms with Gasteiger partial charge >= 0.3 is 0 Å². The van der Waals surface area contributed by atoms with Crippen LogP contribution in [0.1, 0.15) is 46.0 Å². The number of hydrogen-bond donors (Lipinski definition) is 2. The van der Waals surface area contributed by atoms with Crippen molar-refractivity contribution in [2.45, 2.75) is 81.9 Å². The van der Waals surface area contributed by atoms with Crippen molar-refractivity contribution in [3.05, 3.63) is 11.6 Å². The predicted molar refractivity (Wildman–Crippen MR) is 107 cm³/mol. The number of alkyl halides is 3. The summed E-state index contributed by atoms with van der Waals surface area (Å²) >= 11 is 6.57. The number of ether oxygens (including phenoxy) is 1. The molecule has 0 saturated heterocycles. The van der Waals surface area contributed by atoms with E-state index >= 15 is 0 Å². The van der Waals surface area contributed by atoms with Gasteiger partial charge in [-0.15, -0.1) is 11.6 Å². The molecule has 1 heterocycles. The van der Waals surface area contributed by atoms with Crippen molar-refractivity contribution in [3.8, 4) is 0 Å². The highest BCUT2D eigenvalue weighted by atomic mass is 35.5. The molecule has 2 amide bonds. The van der Waals surface area contributed by atoms with Gasteiger partial charge in [0.1, 0.15) is 12.3 Å². The Labute approximate surface area is 176 Å². The summed E-state index contributed by atoms with van der Waals surface area (Å²) in [5.41, 5.74) is 0.377. The summed E-state index contributed by atoms with van der Waals surface area (Å²) in [5.74, 6) is -1.81. The molecule has 3 aliphatic rings. The van der Waals surface area contributed by atoms with Crippen LogP contribution in [-0.2, 0) is 14.3 Å². The number of nitrogens with one attached hydrogen (secondary N) is 2. The van der Waals surface area contributed by atoms with Gasteiger partial charge in [-0.25, -0.2) is 8.78 Å². The van der Waals surface area contributed by atoms with Crippen LogP contribution in [0.15, 0.2) is 11.6 Å². The van der Waals surface area contributed by atoms with E-state index < -0.39 is 30.2 Å². The molecule has 9 atom stereocenters. The lowest BCUT2D eigenvalue weighted by molar-refractivity contribution is -0.128. The fourth-order valence-electron chi connectivity index (χ4n) is 4.92. The summed E-state index contributed by atoms with van der Waals surface area (Å²) in [7, 11) is 1.62. The smallest absolute Gasteiger partial charge is 0.247 e. The molecule has 5 nitrogen and oxygen atoms in total. The molecule has 2 N–H and O–H groups in total. The highest BCUT2D eigenvalue weighted by Gasteiger charge is 2.43. The minimum atomic E-state index is -1.27. The van der Waals surface area contributed by atoms with Crippen molar-refractivity contribution in [2.24, 2.45) is 17.8 Å². The molecule has 29 heavy (non-hydrogen) atoms. The third-order valence-corrected chi connectivity index (χ3v) is 7.41. The Hall–Kier alpha value is -1.21. The molecule has 0 aromatic carbocycles. The van der Waals surface area contributed by atoms with Crippen LogP contribution in [0.4, 0.5) is 8.78 Å². The molecule has 1 aliphatic heterocycles. The first-order valence-electron chi connectivity index (χ1n) is 10.5. The summed E-state index contributed by atoms with van der Waals surface area (Å²) in [6, 6.07) is -0.488. The number of carbonyl (C=O) groups excluding carboxylic acids is 2. The highest BCUT2D eigenvalue weighted by Crippen LogP contribution is 2.36. The molecule has 0 radical (unpaired) electrons. The van der Waals surface area contributed by atoms with Crippen molar-refractivity contribution < 1.29 is 23.1 Å². The van der Waals surface area contributed by atoms with Crippen LogP contribution in [-0.4, -0.2) is 54.8 Å². The topological polar surface area (TPSA) is 67.4 Å². The van der Waals surface area contributed by atoms with Gasteiger partial charge < -0.3 is 15.4 Å².